The molecule has 5 nitrogen and oxygen atoms in total. The molecular weight excluding hydrogens is 250 g/mol. The second-order valence-electron chi connectivity index (χ2n) is 3.89. The smallest absolute Gasteiger partial charge is 0.178 e. The van der Waals surface area contributed by atoms with E-state index in [0.29, 0.717) is 11.4 Å². The van der Waals surface area contributed by atoms with E-state index >= 15 is 0 Å². The second-order valence-corrected chi connectivity index (χ2v) is 6.17. The van der Waals surface area contributed by atoms with Gasteiger partial charge in [-0.2, -0.15) is 5.10 Å². The van der Waals surface area contributed by atoms with Crippen LogP contribution >= 0.6 is 0 Å². The van der Waals surface area contributed by atoms with Gasteiger partial charge in [-0.15, -0.1) is 0 Å². The topological polar surface area (TPSA) is 88.8 Å². The molecule has 0 fully saturated rings. The van der Waals surface area contributed by atoms with Crippen LogP contribution in [0.4, 0.5) is 0 Å². The first kappa shape index (κ1) is 12.8. The summed E-state index contributed by atoms with van der Waals surface area (Å²) in [5.74, 6) is 0.103. The van der Waals surface area contributed by atoms with Gasteiger partial charge in [0.1, 0.15) is 0 Å². The monoisotopic (exact) mass is 265 g/mol. The van der Waals surface area contributed by atoms with Gasteiger partial charge in [0.2, 0.25) is 0 Å². The standard InChI is InChI=1S/C12H15N3O2S/c1-2-18(16,17)10-5-3-9(4-6-10)11-8-14-15-12(11)7-13/h3-6,8H,2,7,13H2,1H3,(H,14,15). The lowest BCUT2D eigenvalue weighted by Gasteiger charge is -2.04. The van der Waals surface area contributed by atoms with E-state index in [1.54, 1.807) is 37.4 Å². The molecular formula is C12H15N3O2S. The number of nitrogens with two attached hydrogens (primary N) is 1. The van der Waals surface area contributed by atoms with Crippen molar-refractivity contribution >= 4 is 9.84 Å². The Kier molecular flexibility index (Phi) is 3.49. The van der Waals surface area contributed by atoms with Crippen molar-refractivity contribution in [3.63, 3.8) is 0 Å². The van der Waals surface area contributed by atoms with Gasteiger partial charge in [0.15, 0.2) is 9.84 Å². The molecule has 0 aliphatic carbocycles. The van der Waals surface area contributed by atoms with Crippen molar-refractivity contribution in [3.8, 4) is 11.1 Å². The highest BCUT2D eigenvalue weighted by atomic mass is 32.2. The Hall–Kier alpha value is -1.66. The molecule has 0 aliphatic heterocycles. The lowest BCUT2D eigenvalue weighted by Crippen LogP contribution is -2.03. The van der Waals surface area contributed by atoms with Crippen molar-refractivity contribution in [1.29, 1.82) is 0 Å². The maximum Gasteiger partial charge on any atom is 0.178 e. The number of nitrogens with zero attached hydrogens (tertiary/aromatic N) is 1. The minimum Gasteiger partial charge on any atom is -0.325 e. The second kappa shape index (κ2) is 4.91. The SMILES string of the molecule is CCS(=O)(=O)c1ccc(-c2cn[nH]c2CN)cc1. The summed E-state index contributed by atoms with van der Waals surface area (Å²) >= 11 is 0. The van der Waals surface area contributed by atoms with Gasteiger partial charge in [-0.3, -0.25) is 5.10 Å². The van der Waals surface area contributed by atoms with Crippen LogP contribution in [0.5, 0.6) is 0 Å². The number of hydrogen-bond donors (Lipinski definition) is 2. The number of H-pyrrole nitrogens is 1. The number of sulfone groups is 1. The van der Waals surface area contributed by atoms with Crippen molar-refractivity contribution in [2.24, 2.45) is 5.73 Å². The van der Waals surface area contributed by atoms with Crippen molar-refractivity contribution in [3.05, 3.63) is 36.2 Å². The molecule has 1 aromatic carbocycles. The molecule has 0 atom stereocenters. The van der Waals surface area contributed by atoms with E-state index in [2.05, 4.69) is 10.2 Å². The maximum absolute atomic E-state index is 11.7. The molecule has 0 spiro atoms. The fraction of sp³-hybridized carbons (Fsp3) is 0.250. The van der Waals surface area contributed by atoms with E-state index in [0.717, 1.165) is 16.8 Å². The van der Waals surface area contributed by atoms with E-state index in [-0.39, 0.29) is 5.75 Å². The predicted molar refractivity (Wildman–Crippen MR) is 69.6 cm³/mol. The minimum absolute atomic E-state index is 0.103. The van der Waals surface area contributed by atoms with Crippen LogP contribution in [0, 0.1) is 0 Å². The largest absolute Gasteiger partial charge is 0.325 e. The highest BCUT2D eigenvalue weighted by Gasteiger charge is 2.12. The lowest BCUT2D eigenvalue weighted by molar-refractivity contribution is 0.597. The molecule has 18 heavy (non-hydrogen) atoms. The zero-order chi connectivity index (χ0) is 13.2. The van der Waals surface area contributed by atoms with Gasteiger partial charge in [0, 0.05) is 12.1 Å². The molecule has 96 valence electrons. The zero-order valence-electron chi connectivity index (χ0n) is 10.1. The van der Waals surface area contributed by atoms with Gasteiger partial charge in [-0.25, -0.2) is 8.42 Å². The Bertz CT molecular complexity index is 630. The van der Waals surface area contributed by atoms with Gasteiger partial charge in [0.25, 0.3) is 0 Å². The first-order valence-electron chi connectivity index (χ1n) is 5.64. The van der Waals surface area contributed by atoms with Crippen LogP contribution in [-0.2, 0) is 16.4 Å². The van der Waals surface area contributed by atoms with Crippen LogP contribution in [0.1, 0.15) is 12.6 Å². The van der Waals surface area contributed by atoms with E-state index in [9.17, 15) is 8.42 Å². The molecule has 1 aromatic heterocycles. The van der Waals surface area contributed by atoms with E-state index in [1.807, 2.05) is 0 Å². The van der Waals surface area contributed by atoms with Crippen molar-refractivity contribution in [1.82, 2.24) is 10.2 Å². The average Bonchev–Trinajstić information content (AvgIpc) is 2.87. The third-order valence-corrected chi connectivity index (χ3v) is 4.58. The maximum atomic E-state index is 11.7. The molecule has 0 aliphatic rings. The Labute approximate surface area is 106 Å². The number of aromatic amines is 1. The predicted octanol–water partition coefficient (Wildman–Crippen LogP) is 1.33. The summed E-state index contributed by atoms with van der Waals surface area (Å²) in [5, 5.41) is 6.75. The quantitative estimate of drug-likeness (QED) is 0.872. The third-order valence-electron chi connectivity index (χ3n) is 2.83. The molecule has 3 N–H and O–H groups in total. The van der Waals surface area contributed by atoms with Crippen LogP contribution in [0.15, 0.2) is 35.4 Å². The highest BCUT2D eigenvalue weighted by Crippen LogP contribution is 2.23. The van der Waals surface area contributed by atoms with Crippen molar-refractivity contribution in [2.45, 2.75) is 18.4 Å². The Morgan fingerprint density at radius 3 is 2.50 bits per heavy atom. The van der Waals surface area contributed by atoms with Crippen LogP contribution in [-0.4, -0.2) is 24.4 Å². The number of nitrogens with one attached hydrogen (secondary N) is 1. The highest BCUT2D eigenvalue weighted by molar-refractivity contribution is 7.91. The molecule has 2 aromatic rings. The number of aromatic nitrogens is 2. The fourth-order valence-electron chi connectivity index (χ4n) is 1.73. The fourth-order valence-corrected chi connectivity index (χ4v) is 2.61. The van der Waals surface area contributed by atoms with Crippen molar-refractivity contribution < 1.29 is 8.42 Å². The summed E-state index contributed by atoms with van der Waals surface area (Å²) in [6.07, 6.45) is 1.69. The molecule has 0 saturated carbocycles. The van der Waals surface area contributed by atoms with Crippen LogP contribution in [0.2, 0.25) is 0 Å². The molecule has 2 rings (SSSR count). The summed E-state index contributed by atoms with van der Waals surface area (Å²) < 4.78 is 23.4. The summed E-state index contributed by atoms with van der Waals surface area (Å²) in [5.41, 5.74) is 8.22. The summed E-state index contributed by atoms with van der Waals surface area (Å²) in [6.45, 7) is 2.00. The van der Waals surface area contributed by atoms with Gasteiger partial charge < -0.3 is 5.73 Å². The van der Waals surface area contributed by atoms with E-state index in [4.69, 9.17) is 5.73 Å². The van der Waals surface area contributed by atoms with Crippen LogP contribution in [0.3, 0.4) is 0 Å². The number of rotatable bonds is 4. The van der Waals surface area contributed by atoms with Crippen LogP contribution in [0.25, 0.3) is 11.1 Å². The summed E-state index contributed by atoms with van der Waals surface area (Å²) in [4.78, 5) is 0.339. The number of benzene rings is 1. The van der Waals surface area contributed by atoms with E-state index < -0.39 is 9.84 Å². The molecule has 0 amide bonds. The summed E-state index contributed by atoms with van der Waals surface area (Å²) in [6, 6.07) is 6.77. The summed E-state index contributed by atoms with van der Waals surface area (Å²) in [7, 11) is -3.15. The Morgan fingerprint density at radius 1 is 1.28 bits per heavy atom. The first-order chi connectivity index (χ1) is 8.58. The zero-order valence-corrected chi connectivity index (χ0v) is 10.9. The normalized spacial score (nSPS) is 11.7. The molecule has 1 heterocycles. The first-order valence-corrected chi connectivity index (χ1v) is 7.29. The van der Waals surface area contributed by atoms with Gasteiger partial charge in [-0.1, -0.05) is 19.1 Å². The van der Waals surface area contributed by atoms with Crippen LogP contribution < -0.4 is 5.73 Å². The average molecular weight is 265 g/mol. The Morgan fingerprint density at radius 2 is 1.94 bits per heavy atom. The minimum atomic E-state index is -3.15. The molecule has 0 saturated heterocycles. The molecule has 0 bridgehead atoms. The van der Waals surface area contributed by atoms with Gasteiger partial charge >= 0.3 is 0 Å². The molecule has 0 radical (unpaired) electrons. The molecule has 0 unspecified atom stereocenters. The lowest BCUT2D eigenvalue weighted by atomic mass is 10.1. The van der Waals surface area contributed by atoms with E-state index in [1.165, 1.54) is 0 Å². The Balaban J connectivity index is 2.40. The van der Waals surface area contributed by atoms with Gasteiger partial charge in [-0.05, 0) is 17.7 Å². The number of hydrogen-bond acceptors (Lipinski definition) is 4. The third kappa shape index (κ3) is 2.30. The van der Waals surface area contributed by atoms with Gasteiger partial charge in [0.05, 0.1) is 22.5 Å². The van der Waals surface area contributed by atoms with Crippen molar-refractivity contribution in [2.75, 3.05) is 5.75 Å². The molecule has 6 heteroatoms.